The molecule has 3 aromatic rings. The maximum absolute atomic E-state index is 13.2. The van der Waals surface area contributed by atoms with Crippen LogP contribution >= 0.6 is 0 Å². The molecule has 1 aliphatic rings. The molecule has 2 heterocycles. The van der Waals surface area contributed by atoms with Crippen LogP contribution in [0, 0.1) is 0 Å². The molecule has 1 atom stereocenters. The lowest BCUT2D eigenvalue weighted by molar-refractivity contribution is -0.121. The summed E-state index contributed by atoms with van der Waals surface area (Å²) in [5.41, 5.74) is 2.81. The fourth-order valence-corrected chi connectivity index (χ4v) is 4.14. The number of hydrogen-bond donors (Lipinski definition) is 2. The van der Waals surface area contributed by atoms with Crippen molar-refractivity contribution in [1.29, 1.82) is 0 Å². The van der Waals surface area contributed by atoms with Crippen molar-refractivity contribution < 1.29 is 9.59 Å². The Morgan fingerprint density at radius 1 is 0.971 bits per heavy atom. The standard InChI is InChI=1S/C25H31N7O2/c33-24-17-23(21-7-2-1-3-8-21)26-13-4-5-15-31(16-6-14-27-24)25(34)22-11-9-20(10-12-22)18-32-19-28-29-30-32/h1-3,7-12,19,23,26H,4-6,13-18H2,(H,27,33). The third-order valence-electron chi connectivity index (χ3n) is 5.99. The molecule has 1 saturated heterocycles. The number of carbonyl (C=O) groups excluding carboxylic acids is 2. The summed E-state index contributed by atoms with van der Waals surface area (Å²) in [6.45, 7) is 3.20. The molecule has 9 nitrogen and oxygen atoms in total. The van der Waals surface area contributed by atoms with Gasteiger partial charge in [-0.2, -0.15) is 0 Å². The van der Waals surface area contributed by atoms with E-state index in [1.54, 1.807) is 11.0 Å². The van der Waals surface area contributed by atoms with Crippen molar-refractivity contribution in [2.24, 2.45) is 0 Å². The molecular formula is C25H31N7O2. The summed E-state index contributed by atoms with van der Waals surface area (Å²) in [4.78, 5) is 27.6. The number of aromatic nitrogens is 4. The van der Waals surface area contributed by atoms with Gasteiger partial charge in [0.1, 0.15) is 6.33 Å². The molecule has 2 N–H and O–H groups in total. The summed E-state index contributed by atoms with van der Waals surface area (Å²) in [6, 6.07) is 17.7. The summed E-state index contributed by atoms with van der Waals surface area (Å²) in [6.07, 6.45) is 4.52. The molecule has 9 heteroatoms. The van der Waals surface area contributed by atoms with Gasteiger partial charge in [0.05, 0.1) is 6.54 Å². The Hall–Kier alpha value is -3.59. The van der Waals surface area contributed by atoms with Gasteiger partial charge in [0.15, 0.2) is 0 Å². The van der Waals surface area contributed by atoms with Gasteiger partial charge in [0.25, 0.3) is 5.91 Å². The Morgan fingerprint density at radius 2 is 1.76 bits per heavy atom. The largest absolute Gasteiger partial charge is 0.356 e. The Morgan fingerprint density at radius 3 is 2.53 bits per heavy atom. The molecule has 178 valence electrons. The zero-order valence-corrected chi connectivity index (χ0v) is 19.3. The number of nitrogens with one attached hydrogen (secondary N) is 2. The zero-order chi connectivity index (χ0) is 23.6. The molecule has 0 bridgehead atoms. The first-order chi connectivity index (χ1) is 16.7. The highest BCUT2D eigenvalue weighted by atomic mass is 16.2. The van der Waals surface area contributed by atoms with Gasteiger partial charge in [-0.1, -0.05) is 42.5 Å². The monoisotopic (exact) mass is 461 g/mol. The maximum Gasteiger partial charge on any atom is 0.253 e. The Kier molecular flexibility index (Phi) is 8.34. The summed E-state index contributed by atoms with van der Waals surface area (Å²) in [5, 5.41) is 17.7. The second kappa shape index (κ2) is 12.0. The molecule has 4 rings (SSSR count). The molecule has 1 aromatic heterocycles. The van der Waals surface area contributed by atoms with Gasteiger partial charge < -0.3 is 15.5 Å². The van der Waals surface area contributed by atoms with E-state index < -0.39 is 0 Å². The summed E-state index contributed by atoms with van der Waals surface area (Å²) in [7, 11) is 0. The Labute approximate surface area is 199 Å². The number of nitrogens with zero attached hydrogens (tertiary/aromatic N) is 5. The number of benzene rings is 2. The molecule has 1 aliphatic heterocycles. The van der Waals surface area contributed by atoms with E-state index in [0.717, 1.165) is 36.9 Å². The predicted molar refractivity (Wildman–Crippen MR) is 128 cm³/mol. The molecule has 2 amide bonds. The second-order valence-electron chi connectivity index (χ2n) is 8.53. The van der Waals surface area contributed by atoms with Gasteiger partial charge in [0, 0.05) is 37.7 Å². The van der Waals surface area contributed by atoms with E-state index in [4.69, 9.17) is 0 Å². The minimum Gasteiger partial charge on any atom is -0.356 e. The summed E-state index contributed by atoms with van der Waals surface area (Å²) in [5.74, 6) is 0.0435. The SMILES string of the molecule is O=C1CC(c2ccccc2)NCCCCN(C(=O)c2ccc(Cn3cnnn3)cc2)CCCN1. The van der Waals surface area contributed by atoms with Crippen LogP contribution < -0.4 is 10.6 Å². The van der Waals surface area contributed by atoms with Crippen LogP contribution in [0.5, 0.6) is 0 Å². The highest BCUT2D eigenvalue weighted by molar-refractivity contribution is 5.94. The van der Waals surface area contributed by atoms with Crippen molar-refractivity contribution in [2.75, 3.05) is 26.2 Å². The van der Waals surface area contributed by atoms with Gasteiger partial charge in [-0.3, -0.25) is 9.59 Å². The number of hydrogen-bond acceptors (Lipinski definition) is 6. The molecule has 0 radical (unpaired) electrons. The average Bonchev–Trinajstić information content (AvgIpc) is 3.38. The van der Waals surface area contributed by atoms with Crippen molar-refractivity contribution in [3.63, 3.8) is 0 Å². The lowest BCUT2D eigenvalue weighted by Crippen LogP contribution is -2.35. The van der Waals surface area contributed by atoms with Crippen LogP contribution in [0.3, 0.4) is 0 Å². The van der Waals surface area contributed by atoms with Crippen molar-refractivity contribution >= 4 is 11.8 Å². The topological polar surface area (TPSA) is 105 Å². The molecule has 1 unspecified atom stereocenters. The second-order valence-corrected chi connectivity index (χ2v) is 8.53. The predicted octanol–water partition coefficient (Wildman–Crippen LogP) is 2.18. The number of amides is 2. The van der Waals surface area contributed by atoms with Crippen LogP contribution in [0.1, 0.15) is 53.2 Å². The van der Waals surface area contributed by atoms with E-state index in [1.807, 2.05) is 47.4 Å². The third-order valence-corrected chi connectivity index (χ3v) is 5.99. The van der Waals surface area contributed by atoms with Gasteiger partial charge >= 0.3 is 0 Å². The quantitative estimate of drug-likeness (QED) is 0.617. The first-order valence-electron chi connectivity index (χ1n) is 11.8. The fraction of sp³-hybridized carbons (Fsp3) is 0.400. The minimum absolute atomic E-state index is 0.00787. The molecule has 0 saturated carbocycles. The average molecular weight is 462 g/mol. The molecule has 1 fully saturated rings. The van der Waals surface area contributed by atoms with Crippen LogP contribution in [-0.4, -0.2) is 63.1 Å². The van der Waals surface area contributed by atoms with Crippen molar-refractivity contribution in [3.05, 3.63) is 77.6 Å². The Balaban J connectivity index is 1.36. The van der Waals surface area contributed by atoms with Crippen molar-refractivity contribution in [3.8, 4) is 0 Å². The van der Waals surface area contributed by atoms with Crippen molar-refractivity contribution in [1.82, 2.24) is 35.7 Å². The van der Waals surface area contributed by atoms with Gasteiger partial charge in [-0.15, -0.1) is 5.10 Å². The molecule has 0 spiro atoms. The van der Waals surface area contributed by atoms with Crippen LogP contribution in [0.4, 0.5) is 0 Å². The van der Waals surface area contributed by atoms with E-state index in [1.165, 1.54) is 0 Å². The van der Waals surface area contributed by atoms with Crippen LogP contribution in [-0.2, 0) is 11.3 Å². The lowest BCUT2D eigenvalue weighted by Gasteiger charge is -2.23. The maximum atomic E-state index is 13.2. The Bertz CT molecular complexity index is 1040. The van der Waals surface area contributed by atoms with E-state index in [9.17, 15) is 9.59 Å². The highest BCUT2D eigenvalue weighted by Gasteiger charge is 2.18. The fourth-order valence-electron chi connectivity index (χ4n) is 4.14. The number of rotatable bonds is 4. The lowest BCUT2D eigenvalue weighted by atomic mass is 10.0. The number of carbonyl (C=O) groups is 2. The molecule has 0 aliphatic carbocycles. The van der Waals surface area contributed by atoms with Crippen molar-refractivity contribution in [2.45, 2.75) is 38.3 Å². The normalized spacial score (nSPS) is 18.3. The third kappa shape index (κ3) is 6.71. The van der Waals surface area contributed by atoms with E-state index in [2.05, 4.69) is 38.3 Å². The molecule has 2 aromatic carbocycles. The van der Waals surface area contributed by atoms with Gasteiger partial charge in [0.2, 0.25) is 5.91 Å². The summed E-state index contributed by atoms with van der Waals surface area (Å²) < 4.78 is 1.64. The first-order valence-corrected chi connectivity index (χ1v) is 11.8. The number of tetrazole rings is 1. The van der Waals surface area contributed by atoms with Crippen LogP contribution in [0.15, 0.2) is 60.9 Å². The van der Waals surface area contributed by atoms with E-state index >= 15 is 0 Å². The zero-order valence-electron chi connectivity index (χ0n) is 19.3. The van der Waals surface area contributed by atoms with E-state index in [-0.39, 0.29) is 17.9 Å². The first kappa shape index (κ1) is 23.6. The van der Waals surface area contributed by atoms with Crippen LogP contribution in [0.25, 0.3) is 0 Å². The summed E-state index contributed by atoms with van der Waals surface area (Å²) >= 11 is 0. The van der Waals surface area contributed by atoms with Gasteiger partial charge in [-0.25, -0.2) is 4.68 Å². The highest BCUT2D eigenvalue weighted by Crippen LogP contribution is 2.17. The minimum atomic E-state index is -0.00787. The van der Waals surface area contributed by atoms with Gasteiger partial charge in [-0.05, 0) is 59.5 Å². The molecule has 34 heavy (non-hydrogen) atoms. The van der Waals surface area contributed by atoms with Crippen LogP contribution in [0.2, 0.25) is 0 Å². The molecular weight excluding hydrogens is 430 g/mol. The van der Waals surface area contributed by atoms with E-state index in [0.29, 0.717) is 38.2 Å². The smallest absolute Gasteiger partial charge is 0.253 e.